The van der Waals surface area contributed by atoms with Crippen LogP contribution in [-0.4, -0.2) is 60.9 Å². The molecule has 0 unspecified atom stereocenters. The minimum absolute atomic E-state index is 0.104. The largest absolute Gasteiger partial charge is 0.352 e. The van der Waals surface area contributed by atoms with Gasteiger partial charge in [0.25, 0.3) is 5.91 Å². The summed E-state index contributed by atoms with van der Waals surface area (Å²) in [6, 6.07) is 0.193. The van der Waals surface area contributed by atoms with Crippen molar-refractivity contribution in [2.75, 3.05) is 27.8 Å². The molecule has 0 aromatic carbocycles. The van der Waals surface area contributed by atoms with Gasteiger partial charge in [-0.15, -0.1) is 0 Å². The average Bonchev–Trinajstić information content (AvgIpc) is 2.70. The van der Waals surface area contributed by atoms with E-state index in [0.29, 0.717) is 24.6 Å². The van der Waals surface area contributed by atoms with Crippen LogP contribution >= 0.6 is 0 Å². The topological polar surface area (TPSA) is 55.9 Å². The molecule has 1 aliphatic rings. The molecule has 17 heavy (non-hydrogen) atoms. The van der Waals surface area contributed by atoms with E-state index in [-0.39, 0.29) is 11.9 Å². The molecule has 0 fully saturated rings. The van der Waals surface area contributed by atoms with Crippen LogP contribution in [0.25, 0.3) is 0 Å². The second-order valence-electron chi connectivity index (χ2n) is 4.51. The first-order valence-corrected chi connectivity index (χ1v) is 5.54. The van der Waals surface area contributed by atoms with Gasteiger partial charge in [0.2, 0.25) is 6.41 Å². The van der Waals surface area contributed by atoms with E-state index < -0.39 is 0 Å². The van der Waals surface area contributed by atoms with Crippen molar-refractivity contribution >= 4 is 12.3 Å². The quantitative estimate of drug-likeness (QED) is 0.680. The highest BCUT2D eigenvalue weighted by Gasteiger charge is 2.32. The standard InChI is InChI=1S/C11H20N4O2/c1-8(2)15-6-12-10(14(5)7-16)9(15)11(17)13(3)4/h7-8,12H,6H2,1-5H3. The van der Waals surface area contributed by atoms with Gasteiger partial charge in [-0.05, 0) is 13.8 Å². The van der Waals surface area contributed by atoms with E-state index in [0.717, 1.165) is 0 Å². The number of carbonyl (C=O) groups is 2. The molecule has 0 spiro atoms. The van der Waals surface area contributed by atoms with Gasteiger partial charge in [-0.2, -0.15) is 0 Å². The van der Waals surface area contributed by atoms with Gasteiger partial charge in [0.05, 0.1) is 6.67 Å². The third kappa shape index (κ3) is 2.51. The maximum absolute atomic E-state index is 12.1. The third-order valence-electron chi connectivity index (χ3n) is 2.67. The summed E-state index contributed by atoms with van der Waals surface area (Å²) >= 11 is 0. The zero-order chi connectivity index (χ0) is 13.2. The van der Waals surface area contributed by atoms with E-state index in [1.54, 1.807) is 21.1 Å². The van der Waals surface area contributed by atoms with Gasteiger partial charge in [0.1, 0.15) is 11.5 Å². The zero-order valence-corrected chi connectivity index (χ0v) is 11.0. The molecule has 6 heteroatoms. The van der Waals surface area contributed by atoms with Crippen molar-refractivity contribution in [3.63, 3.8) is 0 Å². The molecule has 1 rings (SSSR count). The summed E-state index contributed by atoms with van der Waals surface area (Å²) in [4.78, 5) is 27.8. The van der Waals surface area contributed by atoms with Crippen LogP contribution in [0.5, 0.6) is 0 Å². The van der Waals surface area contributed by atoms with Crippen LogP contribution in [-0.2, 0) is 9.59 Å². The normalized spacial score (nSPS) is 15.1. The summed E-state index contributed by atoms with van der Waals surface area (Å²) in [5, 5.41) is 3.08. The van der Waals surface area contributed by atoms with Crippen LogP contribution < -0.4 is 5.32 Å². The van der Waals surface area contributed by atoms with Crippen LogP contribution in [0.3, 0.4) is 0 Å². The van der Waals surface area contributed by atoms with E-state index in [9.17, 15) is 9.59 Å². The van der Waals surface area contributed by atoms with Crippen LogP contribution in [0, 0.1) is 0 Å². The SMILES string of the molecule is CC(C)N1CNC(N(C)C=O)=C1C(=O)N(C)C. The minimum Gasteiger partial charge on any atom is -0.352 e. The Kier molecular flexibility index (Phi) is 3.98. The van der Waals surface area contributed by atoms with Gasteiger partial charge in [-0.3, -0.25) is 9.59 Å². The van der Waals surface area contributed by atoms with E-state index in [1.165, 1.54) is 9.80 Å². The highest BCUT2D eigenvalue weighted by molar-refractivity contribution is 5.94. The fourth-order valence-corrected chi connectivity index (χ4v) is 1.68. The van der Waals surface area contributed by atoms with Crippen molar-refractivity contribution in [3.8, 4) is 0 Å². The molecule has 1 heterocycles. The lowest BCUT2D eigenvalue weighted by atomic mass is 10.2. The Balaban J connectivity index is 3.16. The summed E-state index contributed by atoms with van der Waals surface area (Å²) in [5.74, 6) is 0.458. The van der Waals surface area contributed by atoms with Crippen molar-refractivity contribution < 1.29 is 9.59 Å². The van der Waals surface area contributed by atoms with E-state index in [1.807, 2.05) is 18.7 Å². The molecule has 96 valence electrons. The van der Waals surface area contributed by atoms with Crippen molar-refractivity contribution in [2.45, 2.75) is 19.9 Å². The first-order valence-electron chi connectivity index (χ1n) is 5.54. The molecule has 0 saturated carbocycles. The molecule has 1 aliphatic heterocycles. The predicted molar refractivity (Wildman–Crippen MR) is 64.5 cm³/mol. The highest BCUT2D eigenvalue weighted by Crippen LogP contribution is 2.20. The van der Waals surface area contributed by atoms with Gasteiger partial charge >= 0.3 is 0 Å². The number of nitrogens with zero attached hydrogens (tertiary/aromatic N) is 3. The first-order chi connectivity index (χ1) is 7.90. The van der Waals surface area contributed by atoms with Crippen LogP contribution in [0.2, 0.25) is 0 Å². The molecule has 0 radical (unpaired) electrons. The lowest BCUT2D eigenvalue weighted by Gasteiger charge is -2.26. The monoisotopic (exact) mass is 240 g/mol. The molecule has 0 atom stereocenters. The summed E-state index contributed by atoms with van der Waals surface area (Å²) < 4.78 is 0. The molecule has 0 aliphatic carbocycles. The van der Waals surface area contributed by atoms with Crippen LogP contribution in [0.15, 0.2) is 11.5 Å². The Hall–Kier alpha value is -1.72. The zero-order valence-electron chi connectivity index (χ0n) is 11.0. The van der Waals surface area contributed by atoms with Crippen molar-refractivity contribution in [1.82, 2.24) is 20.0 Å². The number of carbonyl (C=O) groups excluding carboxylic acids is 2. The van der Waals surface area contributed by atoms with E-state index in [2.05, 4.69) is 5.32 Å². The molecule has 6 nitrogen and oxygen atoms in total. The number of rotatable bonds is 4. The van der Waals surface area contributed by atoms with Crippen molar-refractivity contribution in [2.24, 2.45) is 0 Å². The third-order valence-corrected chi connectivity index (χ3v) is 2.67. The summed E-state index contributed by atoms with van der Waals surface area (Å²) in [7, 11) is 5.03. The molecule has 0 aromatic heterocycles. The highest BCUT2D eigenvalue weighted by atomic mass is 16.2. The van der Waals surface area contributed by atoms with Crippen molar-refractivity contribution in [3.05, 3.63) is 11.5 Å². The molecule has 1 N–H and O–H groups in total. The van der Waals surface area contributed by atoms with Crippen LogP contribution in [0.1, 0.15) is 13.8 Å². The van der Waals surface area contributed by atoms with Crippen molar-refractivity contribution in [1.29, 1.82) is 0 Å². The lowest BCUT2D eigenvalue weighted by molar-refractivity contribution is -0.126. The summed E-state index contributed by atoms with van der Waals surface area (Å²) in [5.41, 5.74) is 0.541. The number of hydrogen-bond donors (Lipinski definition) is 1. The second kappa shape index (κ2) is 5.07. The molecular formula is C11H20N4O2. The average molecular weight is 240 g/mol. The fourth-order valence-electron chi connectivity index (χ4n) is 1.68. The Bertz CT molecular complexity index is 349. The molecule has 0 aromatic rings. The number of hydrogen-bond acceptors (Lipinski definition) is 4. The molecule has 0 saturated heterocycles. The first kappa shape index (κ1) is 13.3. The van der Waals surface area contributed by atoms with Gasteiger partial charge in [0.15, 0.2) is 0 Å². The Morgan fingerprint density at radius 3 is 2.41 bits per heavy atom. The molecule has 2 amide bonds. The fraction of sp³-hybridized carbons (Fsp3) is 0.636. The second-order valence-corrected chi connectivity index (χ2v) is 4.51. The number of likely N-dealkylation sites (N-methyl/N-ethyl adjacent to an activating group) is 1. The van der Waals surface area contributed by atoms with E-state index >= 15 is 0 Å². The predicted octanol–water partition coefficient (Wildman–Crippen LogP) is -0.397. The summed E-state index contributed by atoms with van der Waals surface area (Å²) in [6.45, 7) is 4.56. The lowest BCUT2D eigenvalue weighted by Crippen LogP contribution is -2.37. The molecule has 0 bridgehead atoms. The van der Waals surface area contributed by atoms with Gasteiger partial charge in [0, 0.05) is 27.2 Å². The smallest absolute Gasteiger partial charge is 0.273 e. The maximum atomic E-state index is 12.1. The molecular weight excluding hydrogens is 220 g/mol. The van der Waals surface area contributed by atoms with Crippen LogP contribution in [0.4, 0.5) is 0 Å². The number of amides is 2. The Morgan fingerprint density at radius 2 is 2.00 bits per heavy atom. The van der Waals surface area contributed by atoms with Gasteiger partial charge in [-0.25, -0.2) is 0 Å². The Morgan fingerprint density at radius 1 is 1.41 bits per heavy atom. The maximum Gasteiger partial charge on any atom is 0.273 e. The Labute approximate surface area is 102 Å². The summed E-state index contributed by atoms with van der Waals surface area (Å²) in [6.07, 6.45) is 0.690. The minimum atomic E-state index is -0.104. The number of nitrogens with one attached hydrogen (secondary N) is 1. The van der Waals surface area contributed by atoms with Gasteiger partial charge < -0.3 is 20.0 Å². The van der Waals surface area contributed by atoms with Gasteiger partial charge in [-0.1, -0.05) is 0 Å². The van der Waals surface area contributed by atoms with E-state index in [4.69, 9.17) is 0 Å².